The Morgan fingerprint density at radius 2 is 2.33 bits per heavy atom. The molecule has 0 spiro atoms. The lowest BCUT2D eigenvalue weighted by atomic mass is 10.1. The molecule has 3 nitrogen and oxygen atoms in total. The number of carbonyl (C=O) groups is 1. The molecule has 0 radical (unpaired) electrons. The van der Waals surface area contributed by atoms with Crippen molar-refractivity contribution in [3.05, 3.63) is 0 Å². The Bertz CT molecular complexity index is 215. The van der Waals surface area contributed by atoms with Crippen LogP contribution in [0.25, 0.3) is 0 Å². The van der Waals surface area contributed by atoms with Gasteiger partial charge >= 0.3 is 0 Å². The van der Waals surface area contributed by atoms with E-state index in [9.17, 15) is 4.79 Å². The van der Waals surface area contributed by atoms with Crippen LogP contribution in [0, 0.1) is 17.2 Å². The van der Waals surface area contributed by atoms with Crippen molar-refractivity contribution < 1.29 is 4.79 Å². The molecule has 1 aliphatic rings. The average Bonchev–Trinajstić information content (AvgIpc) is 2.87. The Labute approximate surface area is 73.0 Å². The van der Waals surface area contributed by atoms with Gasteiger partial charge < -0.3 is 4.90 Å². The lowest BCUT2D eigenvalue weighted by Crippen LogP contribution is -2.33. The molecular weight excluding hydrogens is 152 g/mol. The summed E-state index contributed by atoms with van der Waals surface area (Å²) in [5.41, 5.74) is 0. The number of nitriles is 1. The average molecular weight is 166 g/mol. The zero-order valence-corrected chi connectivity index (χ0v) is 7.58. The zero-order valence-electron chi connectivity index (χ0n) is 7.58. The van der Waals surface area contributed by atoms with Crippen molar-refractivity contribution in [1.29, 1.82) is 5.26 Å². The lowest BCUT2D eigenvalue weighted by Gasteiger charge is -2.18. The zero-order chi connectivity index (χ0) is 9.14. The Morgan fingerprint density at radius 1 is 1.75 bits per heavy atom. The van der Waals surface area contributed by atoms with Crippen molar-refractivity contribution in [2.75, 3.05) is 7.05 Å². The highest BCUT2D eigenvalue weighted by molar-refractivity contribution is 5.81. The summed E-state index contributed by atoms with van der Waals surface area (Å²) in [6.07, 6.45) is 2.82. The van der Waals surface area contributed by atoms with Gasteiger partial charge in [0.25, 0.3) is 0 Å². The summed E-state index contributed by atoms with van der Waals surface area (Å²) < 4.78 is 0. The molecule has 1 rings (SSSR count). The summed E-state index contributed by atoms with van der Waals surface area (Å²) in [6, 6.07) is 2.44. The van der Waals surface area contributed by atoms with Crippen molar-refractivity contribution in [1.82, 2.24) is 4.90 Å². The minimum absolute atomic E-state index is 0.0116. The second kappa shape index (κ2) is 3.57. The third-order valence-corrected chi connectivity index (χ3v) is 2.30. The van der Waals surface area contributed by atoms with Gasteiger partial charge in [0.2, 0.25) is 5.91 Å². The van der Waals surface area contributed by atoms with Gasteiger partial charge in [-0.2, -0.15) is 5.26 Å². The fourth-order valence-corrected chi connectivity index (χ4v) is 1.21. The monoisotopic (exact) mass is 166 g/mol. The Kier molecular flexibility index (Phi) is 2.69. The van der Waals surface area contributed by atoms with E-state index >= 15 is 0 Å². The van der Waals surface area contributed by atoms with E-state index in [1.807, 2.05) is 13.0 Å². The van der Waals surface area contributed by atoms with Gasteiger partial charge in [-0.3, -0.25) is 4.79 Å². The second-order valence-corrected chi connectivity index (χ2v) is 3.27. The SMILES string of the molecule is CCC(C#N)C(=O)N(C)C1CC1. The molecule has 1 aliphatic carbocycles. The first kappa shape index (κ1) is 9.05. The van der Waals surface area contributed by atoms with Crippen molar-refractivity contribution in [2.24, 2.45) is 5.92 Å². The smallest absolute Gasteiger partial charge is 0.239 e. The maximum atomic E-state index is 11.5. The van der Waals surface area contributed by atoms with Gasteiger partial charge in [0.05, 0.1) is 6.07 Å². The summed E-state index contributed by atoms with van der Waals surface area (Å²) in [5, 5.41) is 8.65. The first-order valence-corrected chi connectivity index (χ1v) is 4.37. The summed E-state index contributed by atoms with van der Waals surface area (Å²) >= 11 is 0. The van der Waals surface area contributed by atoms with Crippen LogP contribution in [0.5, 0.6) is 0 Å². The van der Waals surface area contributed by atoms with Crippen LogP contribution in [0.2, 0.25) is 0 Å². The number of nitrogens with zero attached hydrogens (tertiary/aromatic N) is 2. The lowest BCUT2D eigenvalue weighted by molar-refractivity contribution is -0.133. The number of rotatable bonds is 3. The van der Waals surface area contributed by atoms with Gasteiger partial charge in [0, 0.05) is 13.1 Å². The van der Waals surface area contributed by atoms with Gasteiger partial charge in [0.1, 0.15) is 5.92 Å². The second-order valence-electron chi connectivity index (χ2n) is 3.27. The van der Waals surface area contributed by atoms with Crippen LogP contribution >= 0.6 is 0 Å². The molecule has 66 valence electrons. The van der Waals surface area contributed by atoms with Crippen LogP contribution < -0.4 is 0 Å². The standard InChI is InChI=1S/C9H14N2O/c1-3-7(6-10)9(12)11(2)8-4-5-8/h7-8H,3-5H2,1-2H3. The molecule has 0 aromatic heterocycles. The van der Waals surface area contributed by atoms with Gasteiger partial charge in [-0.25, -0.2) is 0 Å². The Hall–Kier alpha value is -1.04. The van der Waals surface area contributed by atoms with Crippen LogP contribution in [-0.4, -0.2) is 23.9 Å². The normalized spacial score (nSPS) is 18.1. The molecule has 0 heterocycles. The first-order chi connectivity index (χ1) is 5.70. The molecule has 1 amide bonds. The van der Waals surface area contributed by atoms with Gasteiger partial charge in [0.15, 0.2) is 0 Å². The first-order valence-electron chi connectivity index (χ1n) is 4.37. The molecule has 0 bridgehead atoms. The molecule has 1 fully saturated rings. The Balaban J connectivity index is 2.50. The highest BCUT2D eigenvalue weighted by Crippen LogP contribution is 2.26. The van der Waals surface area contributed by atoms with Crippen LogP contribution in [-0.2, 0) is 4.79 Å². The summed E-state index contributed by atoms with van der Waals surface area (Å²) in [4.78, 5) is 13.2. The highest BCUT2D eigenvalue weighted by atomic mass is 16.2. The van der Waals surface area contributed by atoms with Crippen LogP contribution in [0.15, 0.2) is 0 Å². The van der Waals surface area contributed by atoms with E-state index in [2.05, 4.69) is 0 Å². The molecule has 0 saturated heterocycles. The van der Waals surface area contributed by atoms with Crippen LogP contribution in [0.3, 0.4) is 0 Å². The third-order valence-electron chi connectivity index (χ3n) is 2.30. The maximum absolute atomic E-state index is 11.5. The fraction of sp³-hybridized carbons (Fsp3) is 0.778. The summed E-state index contributed by atoms with van der Waals surface area (Å²) in [6.45, 7) is 1.87. The predicted octanol–water partition coefficient (Wildman–Crippen LogP) is 1.16. The van der Waals surface area contributed by atoms with Crippen molar-refractivity contribution in [3.8, 4) is 6.07 Å². The largest absolute Gasteiger partial charge is 0.342 e. The Morgan fingerprint density at radius 3 is 2.67 bits per heavy atom. The minimum atomic E-state index is -0.435. The number of amides is 1. The van der Waals surface area contributed by atoms with E-state index in [0.29, 0.717) is 12.5 Å². The van der Waals surface area contributed by atoms with E-state index in [-0.39, 0.29) is 5.91 Å². The molecule has 1 atom stereocenters. The van der Waals surface area contributed by atoms with E-state index < -0.39 is 5.92 Å². The molecule has 0 aromatic rings. The molecule has 0 aliphatic heterocycles. The number of hydrogen-bond donors (Lipinski definition) is 0. The predicted molar refractivity (Wildman–Crippen MR) is 45.2 cm³/mol. The van der Waals surface area contributed by atoms with Gasteiger partial charge in [-0.15, -0.1) is 0 Å². The van der Waals surface area contributed by atoms with Crippen molar-refractivity contribution in [3.63, 3.8) is 0 Å². The molecule has 1 unspecified atom stereocenters. The number of hydrogen-bond acceptors (Lipinski definition) is 2. The van der Waals surface area contributed by atoms with Crippen molar-refractivity contribution >= 4 is 5.91 Å². The molecule has 1 saturated carbocycles. The van der Waals surface area contributed by atoms with E-state index in [4.69, 9.17) is 5.26 Å². The minimum Gasteiger partial charge on any atom is -0.342 e. The quantitative estimate of drug-likeness (QED) is 0.631. The third kappa shape index (κ3) is 1.76. The van der Waals surface area contributed by atoms with Crippen molar-refractivity contribution in [2.45, 2.75) is 32.2 Å². The molecular formula is C9H14N2O. The van der Waals surface area contributed by atoms with E-state index in [0.717, 1.165) is 12.8 Å². The molecule has 12 heavy (non-hydrogen) atoms. The molecule has 3 heteroatoms. The summed E-state index contributed by atoms with van der Waals surface area (Å²) in [5.74, 6) is -0.446. The van der Waals surface area contributed by atoms with Gasteiger partial charge in [-0.05, 0) is 19.3 Å². The van der Waals surface area contributed by atoms with Crippen LogP contribution in [0.1, 0.15) is 26.2 Å². The maximum Gasteiger partial charge on any atom is 0.239 e. The van der Waals surface area contributed by atoms with E-state index in [1.54, 1.807) is 11.9 Å². The summed E-state index contributed by atoms with van der Waals surface area (Å²) in [7, 11) is 1.79. The van der Waals surface area contributed by atoms with Gasteiger partial charge in [-0.1, -0.05) is 6.92 Å². The molecule has 0 N–H and O–H groups in total. The highest BCUT2D eigenvalue weighted by Gasteiger charge is 2.32. The number of carbonyl (C=O) groups excluding carboxylic acids is 1. The fourth-order valence-electron chi connectivity index (χ4n) is 1.21. The molecule has 0 aromatic carbocycles. The van der Waals surface area contributed by atoms with E-state index in [1.165, 1.54) is 0 Å². The topological polar surface area (TPSA) is 44.1 Å². The van der Waals surface area contributed by atoms with Crippen LogP contribution in [0.4, 0.5) is 0 Å².